The first-order valence-electron chi connectivity index (χ1n) is 5.22. The van der Waals surface area contributed by atoms with Gasteiger partial charge in [-0.25, -0.2) is 0 Å². The second kappa shape index (κ2) is 5.70. The first-order chi connectivity index (χ1) is 9.10. The van der Waals surface area contributed by atoms with Gasteiger partial charge in [-0.1, -0.05) is 23.2 Å². The Morgan fingerprint density at radius 3 is 2.68 bits per heavy atom. The van der Waals surface area contributed by atoms with Gasteiger partial charge in [0.1, 0.15) is 5.69 Å². The first-order valence-corrected chi connectivity index (χ1v) is 5.98. The Morgan fingerprint density at radius 2 is 2.05 bits per heavy atom. The highest BCUT2D eigenvalue weighted by molar-refractivity contribution is 6.34. The van der Waals surface area contributed by atoms with Crippen LogP contribution in [0.15, 0.2) is 36.5 Å². The maximum absolute atomic E-state index is 11.9. The quantitative estimate of drug-likeness (QED) is 0.921. The van der Waals surface area contributed by atoms with Crippen molar-refractivity contribution in [1.29, 1.82) is 5.26 Å². The van der Waals surface area contributed by atoms with E-state index in [0.717, 1.165) is 0 Å². The Kier molecular flexibility index (Phi) is 4.00. The van der Waals surface area contributed by atoms with E-state index in [-0.39, 0.29) is 10.7 Å². The summed E-state index contributed by atoms with van der Waals surface area (Å²) in [4.78, 5) is 15.8. The van der Waals surface area contributed by atoms with Crippen molar-refractivity contribution in [3.8, 4) is 6.07 Å². The molecule has 19 heavy (non-hydrogen) atoms. The monoisotopic (exact) mass is 291 g/mol. The van der Waals surface area contributed by atoms with E-state index in [0.29, 0.717) is 16.3 Å². The lowest BCUT2D eigenvalue weighted by Crippen LogP contribution is -2.13. The molecule has 2 rings (SSSR count). The number of pyridine rings is 1. The maximum atomic E-state index is 11.9. The standard InChI is InChI=1S/C13H7Cl2N3O/c14-9-3-4-17-12(6-9)13(19)18-11-2-1-8(7-16)5-10(11)15/h1-6H,(H,18,19). The molecule has 1 amide bonds. The summed E-state index contributed by atoms with van der Waals surface area (Å²) >= 11 is 11.7. The van der Waals surface area contributed by atoms with E-state index in [1.165, 1.54) is 18.3 Å². The highest BCUT2D eigenvalue weighted by Crippen LogP contribution is 2.23. The van der Waals surface area contributed by atoms with Crippen LogP contribution < -0.4 is 5.32 Å². The summed E-state index contributed by atoms with van der Waals surface area (Å²) in [6.07, 6.45) is 1.44. The molecule has 0 bridgehead atoms. The molecule has 0 spiro atoms. The van der Waals surface area contributed by atoms with Gasteiger partial charge in [0.05, 0.1) is 22.3 Å². The van der Waals surface area contributed by atoms with Crippen molar-refractivity contribution in [2.24, 2.45) is 0 Å². The van der Waals surface area contributed by atoms with Gasteiger partial charge in [0.25, 0.3) is 5.91 Å². The summed E-state index contributed by atoms with van der Waals surface area (Å²) in [6.45, 7) is 0. The fourth-order valence-electron chi connectivity index (χ4n) is 1.40. The molecule has 1 aromatic heterocycles. The van der Waals surface area contributed by atoms with E-state index >= 15 is 0 Å². The molecule has 0 atom stereocenters. The van der Waals surface area contributed by atoms with E-state index in [2.05, 4.69) is 10.3 Å². The number of halogens is 2. The van der Waals surface area contributed by atoms with Gasteiger partial charge in [0, 0.05) is 11.2 Å². The first kappa shape index (κ1) is 13.3. The topological polar surface area (TPSA) is 65.8 Å². The summed E-state index contributed by atoms with van der Waals surface area (Å²) in [5.41, 5.74) is 1.02. The summed E-state index contributed by atoms with van der Waals surface area (Å²) in [5.74, 6) is -0.422. The number of nitrogens with zero attached hydrogens (tertiary/aromatic N) is 2. The predicted molar refractivity (Wildman–Crippen MR) is 73.4 cm³/mol. The minimum Gasteiger partial charge on any atom is -0.319 e. The van der Waals surface area contributed by atoms with Gasteiger partial charge in [0.15, 0.2) is 0 Å². The summed E-state index contributed by atoms with van der Waals surface area (Å²) < 4.78 is 0. The van der Waals surface area contributed by atoms with E-state index in [9.17, 15) is 4.79 Å². The predicted octanol–water partition coefficient (Wildman–Crippen LogP) is 3.51. The van der Waals surface area contributed by atoms with Gasteiger partial charge in [-0.15, -0.1) is 0 Å². The molecule has 0 radical (unpaired) electrons. The molecule has 0 fully saturated rings. The van der Waals surface area contributed by atoms with Crippen LogP contribution in [-0.4, -0.2) is 10.9 Å². The van der Waals surface area contributed by atoms with Crippen LogP contribution in [0, 0.1) is 11.3 Å². The number of hydrogen-bond donors (Lipinski definition) is 1. The molecule has 4 nitrogen and oxygen atoms in total. The maximum Gasteiger partial charge on any atom is 0.274 e. The van der Waals surface area contributed by atoms with Gasteiger partial charge in [-0.2, -0.15) is 5.26 Å². The molecular weight excluding hydrogens is 285 g/mol. The van der Waals surface area contributed by atoms with E-state index < -0.39 is 5.91 Å². The summed E-state index contributed by atoms with van der Waals surface area (Å²) in [7, 11) is 0. The zero-order chi connectivity index (χ0) is 13.8. The third-order valence-electron chi connectivity index (χ3n) is 2.30. The molecule has 0 aliphatic carbocycles. The Balaban J connectivity index is 2.22. The molecule has 2 aromatic rings. The van der Waals surface area contributed by atoms with Crippen molar-refractivity contribution in [3.63, 3.8) is 0 Å². The van der Waals surface area contributed by atoms with Crippen LogP contribution in [0.25, 0.3) is 0 Å². The van der Waals surface area contributed by atoms with Crippen LogP contribution in [0.3, 0.4) is 0 Å². The number of anilines is 1. The number of nitriles is 1. The number of amides is 1. The minimum atomic E-state index is -0.422. The van der Waals surface area contributed by atoms with Gasteiger partial charge >= 0.3 is 0 Å². The van der Waals surface area contributed by atoms with Crippen molar-refractivity contribution in [3.05, 3.63) is 57.8 Å². The lowest BCUT2D eigenvalue weighted by Gasteiger charge is -2.07. The smallest absolute Gasteiger partial charge is 0.274 e. The normalized spacial score (nSPS) is 9.74. The Bertz CT molecular complexity index is 680. The molecule has 94 valence electrons. The van der Waals surface area contributed by atoms with Crippen LogP contribution in [0.5, 0.6) is 0 Å². The molecule has 0 unspecified atom stereocenters. The van der Waals surface area contributed by atoms with E-state index in [1.807, 2.05) is 6.07 Å². The van der Waals surface area contributed by atoms with Gasteiger partial charge in [0.2, 0.25) is 0 Å². The molecule has 6 heteroatoms. The average Bonchev–Trinajstić information content (AvgIpc) is 2.41. The zero-order valence-corrected chi connectivity index (χ0v) is 11.0. The van der Waals surface area contributed by atoms with Crippen LogP contribution in [0.4, 0.5) is 5.69 Å². The molecule has 0 aliphatic heterocycles. The van der Waals surface area contributed by atoms with Crippen molar-refractivity contribution in [2.75, 3.05) is 5.32 Å². The number of rotatable bonds is 2. The van der Waals surface area contributed by atoms with Crippen LogP contribution in [0.2, 0.25) is 10.0 Å². The lowest BCUT2D eigenvalue weighted by molar-refractivity contribution is 0.102. The highest BCUT2D eigenvalue weighted by Gasteiger charge is 2.10. The minimum absolute atomic E-state index is 0.188. The molecule has 0 aliphatic rings. The molecule has 0 saturated carbocycles. The fourth-order valence-corrected chi connectivity index (χ4v) is 1.79. The number of nitrogens with one attached hydrogen (secondary N) is 1. The van der Waals surface area contributed by atoms with Crippen molar-refractivity contribution in [2.45, 2.75) is 0 Å². The van der Waals surface area contributed by atoms with E-state index in [4.69, 9.17) is 28.5 Å². The van der Waals surface area contributed by atoms with Crippen LogP contribution in [0.1, 0.15) is 16.1 Å². The Labute approximate surface area is 119 Å². The molecular formula is C13H7Cl2N3O. The third kappa shape index (κ3) is 3.22. The molecule has 1 heterocycles. The summed E-state index contributed by atoms with van der Waals surface area (Å²) in [5, 5.41) is 12.0. The highest BCUT2D eigenvalue weighted by atomic mass is 35.5. The largest absolute Gasteiger partial charge is 0.319 e. The number of carbonyl (C=O) groups is 1. The van der Waals surface area contributed by atoms with Gasteiger partial charge in [-0.05, 0) is 30.3 Å². The Morgan fingerprint density at radius 1 is 1.26 bits per heavy atom. The number of hydrogen-bond acceptors (Lipinski definition) is 3. The van der Waals surface area contributed by atoms with Crippen molar-refractivity contribution < 1.29 is 4.79 Å². The summed E-state index contributed by atoms with van der Waals surface area (Å²) in [6, 6.07) is 9.59. The second-order valence-electron chi connectivity index (χ2n) is 3.62. The van der Waals surface area contributed by atoms with Gasteiger partial charge in [-0.3, -0.25) is 9.78 Å². The number of benzene rings is 1. The second-order valence-corrected chi connectivity index (χ2v) is 4.46. The third-order valence-corrected chi connectivity index (χ3v) is 2.85. The fraction of sp³-hybridized carbons (Fsp3) is 0. The van der Waals surface area contributed by atoms with Crippen molar-refractivity contribution in [1.82, 2.24) is 4.98 Å². The molecule has 0 saturated heterocycles. The number of carbonyl (C=O) groups excluding carboxylic acids is 1. The van der Waals surface area contributed by atoms with E-state index in [1.54, 1.807) is 18.2 Å². The molecule has 1 aromatic carbocycles. The van der Waals surface area contributed by atoms with Crippen molar-refractivity contribution >= 4 is 34.8 Å². The average molecular weight is 292 g/mol. The molecule has 1 N–H and O–H groups in total. The number of aromatic nitrogens is 1. The van der Waals surface area contributed by atoms with Crippen LogP contribution in [-0.2, 0) is 0 Å². The Hall–Kier alpha value is -2.09. The SMILES string of the molecule is N#Cc1ccc(NC(=O)c2cc(Cl)ccn2)c(Cl)c1. The van der Waals surface area contributed by atoms with Gasteiger partial charge < -0.3 is 5.32 Å². The zero-order valence-electron chi connectivity index (χ0n) is 9.52. The lowest BCUT2D eigenvalue weighted by atomic mass is 10.2. The van der Waals surface area contributed by atoms with Crippen LogP contribution >= 0.6 is 23.2 Å².